The van der Waals surface area contributed by atoms with Crippen molar-refractivity contribution >= 4 is 100 Å². The molecule has 0 unspecified atom stereocenters. The van der Waals surface area contributed by atoms with Crippen molar-refractivity contribution in [2.45, 2.75) is 87.8 Å². The molecule has 0 atom stereocenters. The highest BCUT2D eigenvalue weighted by atomic mass is 32.2. The first kappa shape index (κ1) is 94.4. The largest absolute Gasteiger partial charge is 0.478 e. The fourth-order valence-electron chi connectivity index (χ4n) is 9.58. The fourth-order valence-corrected chi connectivity index (χ4v) is 13.9. The van der Waals surface area contributed by atoms with Gasteiger partial charge in [0.15, 0.2) is 81.5 Å². The van der Waals surface area contributed by atoms with Gasteiger partial charge in [-0.05, 0) is 246 Å². The van der Waals surface area contributed by atoms with E-state index in [0.29, 0.717) is 0 Å². The number of nitrogens with one attached hydrogen (secondary N) is 4. The summed E-state index contributed by atoms with van der Waals surface area (Å²) in [5.41, 5.74) is 20.3. The van der Waals surface area contributed by atoms with Gasteiger partial charge in [0.2, 0.25) is 40.1 Å². The molecule has 0 saturated carbocycles. The predicted molar refractivity (Wildman–Crippen MR) is 416 cm³/mol. The van der Waals surface area contributed by atoms with Gasteiger partial charge in [-0.2, -0.15) is 9.98 Å². The first-order valence-corrected chi connectivity index (χ1v) is 39.0. The number of carbonyl (C=O) groups is 4. The summed E-state index contributed by atoms with van der Waals surface area (Å²) in [5.74, 6) is -17.4. The van der Waals surface area contributed by atoms with Gasteiger partial charge in [0.1, 0.15) is 23.0 Å². The number of aliphatic carboxylic acids is 2. The van der Waals surface area contributed by atoms with E-state index < -0.39 is 145 Å². The minimum Gasteiger partial charge on any atom is -0.478 e. The number of carboxylic acid groups (broad SMARTS) is 2. The molecule has 40 heteroatoms. The van der Waals surface area contributed by atoms with Crippen LogP contribution in [0.3, 0.4) is 0 Å². The molecule has 0 radical (unpaired) electrons. The Labute approximate surface area is 662 Å². The molecule has 0 bridgehead atoms. The van der Waals surface area contributed by atoms with Crippen molar-refractivity contribution in [2.24, 2.45) is 32.9 Å². The highest BCUT2D eigenvalue weighted by Crippen LogP contribution is 2.35. The van der Waals surface area contributed by atoms with Crippen LogP contribution < -0.4 is 60.8 Å². The first-order chi connectivity index (χ1) is 53.5. The Morgan fingerprint density at radius 2 is 0.509 bits per heavy atom. The smallest absolute Gasteiger partial charge is 0.331 e. The molecule has 8 aromatic rings. The lowest BCUT2D eigenvalue weighted by Crippen LogP contribution is -2.27. The van der Waals surface area contributed by atoms with Crippen molar-refractivity contribution in [3.63, 3.8) is 0 Å². The van der Waals surface area contributed by atoms with E-state index in [1.165, 1.54) is 88.4 Å². The summed E-state index contributed by atoms with van der Waals surface area (Å²) in [4.78, 5) is 51.7. The number of unbranched alkanes of at least 4 members (excludes halogenated alkanes) is 2. The second kappa shape index (κ2) is 41.7. The van der Waals surface area contributed by atoms with Gasteiger partial charge in [0, 0.05) is 48.5 Å². The number of ether oxygens (including phenoxy) is 4. The second-order valence-electron chi connectivity index (χ2n) is 24.2. The van der Waals surface area contributed by atoms with Crippen LogP contribution in [0.15, 0.2) is 197 Å². The van der Waals surface area contributed by atoms with Crippen LogP contribution in [0.25, 0.3) is 24.3 Å². The summed E-state index contributed by atoms with van der Waals surface area (Å²) < 4.78 is 250. The van der Waals surface area contributed by atoms with Crippen LogP contribution in [0.2, 0.25) is 0 Å². The van der Waals surface area contributed by atoms with Gasteiger partial charge < -0.3 is 52.1 Å². The lowest BCUT2D eigenvalue weighted by Gasteiger charge is -2.11. The van der Waals surface area contributed by atoms with Crippen LogP contribution in [-0.4, -0.2) is 106 Å². The number of hydrogen-bond donors (Lipinski definition) is 10. The number of carboxylic acids is 2. The molecule has 0 spiro atoms. The van der Waals surface area contributed by atoms with Crippen LogP contribution in [0.4, 0.5) is 35.1 Å². The van der Waals surface area contributed by atoms with Gasteiger partial charge in [-0.3, -0.25) is 9.59 Å². The van der Waals surface area contributed by atoms with Crippen LogP contribution >= 0.6 is 0 Å². The SMILES string of the molecule is C.C.C/C(=C\c1cc(F)c(Oc2ccc(S(=O)(=O)NCCCCNS(=O)(=O)c3ccc(Oc4c(F)cc(/C=C(\C)C(=O)N=C(N)N)cc4F)cc3)cc2)c(F)c1)C(=O)N=C(N)N.C/C(=C\c1cc(F)c(Oc2ccc(S(=O)(=O)NCCCCNS(=O)(=O)c3ccc(Oc4c(F)cc(/C=C(\C)C(=O)O)cc4F)cc3)cc2)c(F)c1)C(=O)O. The maximum absolute atomic E-state index is 14.8. The van der Waals surface area contributed by atoms with E-state index in [-0.39, 0.29) is 154 Å². The van der Waals surface area contributed by atoms with Crippen molar-refractivity contribution < 1.29 is 117 Å². The number of carbonyl (C=O) groups excluding carboxylic acids is 2. The summed E-state index contributed by atoms with van der Waals surface area (Å²) in [6.45, 7) is 4.96. The van der Waals surface area contributed by atoms with E-state index in [9.17, 15) is 88.0 Å². The Hall–Kier alpha value is -12.2. The normalized spacial score (nSPS) is 12.0. The Morgan fingerprint density at radius 1 is 0.336 bits per heavy atom. The van der Waals surface area contributed by atoms with Crippen LogP contribution in [0.1, 0.15) is 90.5 Å². The number of aliphatic imine (C=N–C) groups is 2. The number of benzene rings is 8. The molecule has 0 aliphatic rings. The number of guanidine groups is 2. The number of halogens is 8. The Balaban J connectivity index is 0.000000409. The minimum absolute atomic E-state index is 0. The van der Waals surface area contributed by atoms with Crippen LogP contribution in [-0.2, 0) is 59.3 Å². The molecule has 620 valence electrons. The second-order valence-corrected chi connectivity index (χ2v) is 31.2. The summed E-state index contributed by atoms with van der Waals surface area (Å²) in [6.07, 6.45) is 5.40. The third-order valence-electron chi connectivity index (χ3n) is 15.2. The molecule has 28 nitrogen and oxygen atoms in total. The Bertz CT molecular complexity index is 5200. The average Bonchev–Trinajstić information content (AvgIpc) is 0.828. The number of amides is 2. The monoisotopic (exact) mass is 1700 g/mol. The first-order valence-electron chi connectivity index (χ1n) is 33.1. The number of hydrogen-bond acceptors (Lipinski definition) is 16. The molecule has 0 aromatic heterocycles. The van der Waals surface area contributed by atoms with E-state index in [4.69, 9.17) is 52.1 Å². The molecule has 0 aliphatic heterocycles. The van der Waals surface area contributed by atoms with Gasteiger partial charge in [-0.1, -0.05) is 14.9 Å². The number of nitrogens with zero attached hydrogens (tertiary/aromatic N) is 2. The highest BCUT2D eigenvalue weighted by Gasteiger charge is 2.24. The average molecular weight is 1700 g/mol. The van der Waals surface area contributed by atoms with E-state index in [0.717, 1.165) is 109 Å². The molecule has 0 fully saturated rings. The Morgan fingerprint density at radius 3 is 0.672 bits per heavy atom. The highest BCUT2D eigenvalue weighted by molar-refractivity contribution is 7.90. The summed E-state index contributed by atoms with van der Waals surface area (Å²) in [6, 6.07) is 25.9. The van der Waals surface area contributed by atoms with Crippen molar-refractivity contribution in [1.82, 2.24) is 18.9 Å². The van der Waals surface area contributed by atoms with Crippen molar-refractivity contribution in [3.8, 4) is 46.0 Å². The van der Waals surface area contributed by atoms with Gasteiger partial charge in [-0.15, -0.1) is 0 Å². The summed E-state index contributed by atoms with van der Waals surface area (Å²) in [5, 5.41) is 17.9. The topological polar surface area (TPSA) is 459 Å². The maximum Gasteiger partial charge on any atom is 0.331 e. The molecule has 0 saturated heterocycles. The molecule has 14 N–H and O–H groups in total. The number of sulfonamides is 4. The van der Waals surface area contributed by atoms with E-state index in [1.54, 1.807) is 0 Å². The third kappa shape index (κ3) is 27.6. The summed E-state index contributed by atoms with van der Waals surface area (Å²) >= 11 is 0. The molecule has 8 rings (SSSR count). The lowest BCUT2D eigenvalue weighted by atomic mass is 10.1. The van der Waals surface area contributed by atoms with E-state index in [2.05, 4.69) is 28.9 Å². The molecular weight excluding hydrogens is 1620 g/mol. The van der Waals surface area contributed by atoms with Gasteiger partial charge in [-0.25, -0.2) is 97.3 Å². The quantitative estimate of drug-likeness (QED) is 0.00589. The van der Waals surface area contributed by atoms with Crippen LogP contribution in [0.5, 0.6) is 46.0 Å². The Kier molecular flexibility index (Phi) is 34.0. The zero-order chi connectivity index (χ0) is 84.2. The summed E-state index contributed by atoms with van der Waals surface area (Å²) in [7, 11) is -16.1. The predicted octanol–water partition coefficient (Wildman–Crippen LogP) is 12.4. The lowest BCUT2D eigenvalue weighted by molar-refractivity contribution is -0.133. The molecular formula is C76H78F8N10O18S4. The van der Waals surface area contributed by atoms with Crippen molar-refractivity contribution in [3.05, 3.63) is 237 Å². The number of rotatable bonds is 34. The molecule has 116 heavy (non-hydrogen) atoms. The van der Waals surface area contributed by atoms with Gasteiger partial charge >= 0.3 is 11.9 Å². The molecule has 0 heterocycles. The van der Waals surface area contributed by atoms with Gasteiger partial charge in [0.05, 0.1) is 19.6 Å². The minimum atomic E-state index is -4.04. The molecule has 2 amide bonds. The van der Waals surface area contributed by atoms with Crippen molar-refractivity contribution in [2.75, 3.05) is 26.2 Å². The number of nitrogens with two attached hydrogens (primary N) is 4. The van der Waals surface area contributed by atoms with E-state index in [1.807, 2.05) is 0 Å². The van der Waals surface area contributed by atoms with E-state index >= 15 is 0 Å². The van der Waals surface area contributed by atoms with Crippen molar-refractivity contribution in [1.29, 1.82) is 0 Å². The van der Waals surface area contributed by atoms with Gasteiger partial charge in [0.25, 0.3) is 11.8 Å². The van der Waals surface area contributed by atoms with Crippen LogP contribution in [0, 0.1) is 46.5 Å². The standard InChI is InChI=1S/C38H38F4N8O8S2.C36H32F4N2O10S2.2CH4/c1-21(35(51)49-37(43)44)15-23-17-29(39)33(30(40)18-23)57-25-5-9-27(10-6-25)59(53,54)47-13-3-4-14-48-60(55,56)28-11-7-26(8-12-28)58-34-31(41)19-24(20-32(34)42)16-22(2)36(52)50-38(45)46;1-21(35(43)44)15-23-17-29(37)33(30(38)18-23)51-25-5-9-27(10-6-25)53(47,48)41-13-3-4-14-42-54(49,50)28-11-7-26(8-12-28)52-34-31(39)19-24(20-32(34)40)16-22(2)36(45)46;;/h5-12,15-20,47-48H,3-4,13-14H2,1-2H3,(H4,43,44,49,51)(H4,45,46,50,52);5-12,15-20,41-42H,3-4,13-14H2,1-2H3,(H,43,44)(H,45,46);2*1H4/b2*21-15+,22-16+;;. The third-order valence-corrected chi connectivity index (χ3v) is 21.1. The zero-order valence-electron chi connectivity index (χ0n) is 60.1. The molecule has 8 aromatic carbocycles. The maximum atomic E-state index is 14.8. The molecule has 0 aliphatic carbocycles. The zero-order valence-corrected chi connectivity index (χ0v) is 63.4. The fraction of sp³-hybridized carbons (Fsp3) is 0.184.